The predicted octanol–water partition coefficient (Wildman–Crippen LogP) is 9.80. The number of hydrogen-bond acceptors (Lipinski definition) is 1. The van der Waals surface area contributed by atoms with Gasteiger partial charge in [-0.3, -0.25) is 0 Å². The maximum atomic E-state index is 8.66. The molecule has 0 saturated heterocycles. The van der Waals surface area contributed by atoms with Gasteiger partial charge in [0.2, 0.25) is 0 Å². The molecule has 0 unspecified atom stereocenters. The van der Waals surface area contributed by atoms with Gasteiger partial charge in [0.25, 0.3) is 0 Å². The van der Waals surface area contributed by atoms with Gasteiger partial charge < -0.3 is 0 Å². The van der Waals surface area contributed by atoms with E-state index in [1.165, 1.54) is 78.5 Å². The van der Waals surface area contributed by atoms with E-state index in [-0.39, 0.29) is 0 Å². The van der Waals surface area contributed by atoms with Crippen molar-refractivity contribution in [2.75, 3.05) is 0 Å². The first-order valence-electron chi connectivity index (χ1n) is 15.7. The SMILES string of the molecule is Clc1cc[c]([Sn]([O][Sn]([c]2ccc(Cl)cc2)([c]2ccc(Cl)cc2)[CH]2CCCCC2)([c]2ccc(Cl)cc2)[CH]2CCCCC2)cc1. The van der Waals surface area contributed by atoms with Gasteiger partial charge in [0.1, 0.15) is 0 Å². The van der Waals surface area contributed by atoms with Gasteiger partial charge >= 0.3 is 289 Å². The molecule has 1 nitrogen and oxygen atoms in total. The topological polar surface area (TPSA) is 9.23 Å². The Balaban J connectivity index is 1.68. The molecule has 2 saturated carbocycles. The molecule has 0 N–H and O–H groups in total. The van der Waals surface area contributed by atoms with Crippen LogP contribution in [-0.2, 0) is 1.41 Å². The Morgan fingerprint density at radius 1 is 0.372 bits per heavy atom. The monoisotopic (exact) mass is 866 g/mol. The Morgan fingerprint density at radius 3 is 0.837 bits per heavy atom. The third-order valence-electron chi connectivity index (χ3n) is 9.77. The molecule has 7 heteroatoms. The number of benzene rings is 4. The van der Waals surface area contributed by atoms with Crippen LogP contribution in [0.25, 0.3) is 0 Å². The molecule has 0 heterocycles. The summed E-state index contributed by atoms with van der Waals surface area (Å²) in [5.74, 6) is 0. The summed E-state index contributed by atoms with van der Waals surface area (Å²) in [7, 11) is 0. The molecule has 2 aliphatic rings. The Labute approximate surface area is 286 Å². The Hall–Kier alpha value is -0.403. The van der Waals surface area contributed by atoms with Crippen LogP contribution < -0.4 is 14.3 Å². The molecule has 2 aliphatic carbocycles. The molecule has 0 bridgehead atoms. The van der Waals surface area contributed by atoms with E-state index in [2.05, 4.69) is 97.1 Å². The Morgan fingerprint density at radius 2 is 0.605 bits per heavy atom. The van der Waals surface area contributed by atoms with E-state index in [1.807, 2.05) is 0 Å². The summed E-state index contributed by atoms with van der Waals surface area (Å²) >= 11 is 18.1. The fraction of sp³-hybridized carbons (Fsp3) is 0.333. The van der Waals surface area contributed by atoms with Gasteiger partial charge in [-0.1, -0.05) is 0 Å². The molecule has 0 spiro atoms. The van der Waals surface area contributed by atoms with E-state index < -0.39 is 37.6 Å². The fourth-order valence-corrected chi connectivity index (χ4v) is 58.9. The third-order valence-corrected chi connectivity index (χ3v) is 48.4. The van der Waals surface area contributed by atoms with Crippen LogP contribution in [0.15, 0.2) is 97.1 Å². The molecular formula is C36H38Cl4OSn2. The summed E-state index contributed by atoms with van der Waals surface area (Å²) in [4.78, 5) is 0. The minimum atomic E-state index is -4.04. The summed E-state index contributed by atoms with van der Waals surface area (Å²) in [6, 6.07) is 35.0. The average Bonchev–Trinajstić information content (AvgIpc) is 3.05. The van der Waals surface area contributed by atoms with Crippen molar-refractivity contribution in [1.82, 2.24) is 0 Å². The van der Waals surface area contributed by atoms with Gasteiger partial charge in [-0.15, -0.1) is 0 Å². The van der Waals surface area contributed by atoms with Crippen LogP contribution in [0.4, 0.5) is 0 Å². The van der Waals surface area contributed by atoms with E-state index >= 15 is 0 Å². The van der Waals surface area contributed by atoms with Crippen molar-refractivity contribution in [3.8, 4) is 0 Å². The molecule has 0 aliphatic heterocycles. The number of halogens is 4. The molecule has 0 radical (unpaired) electrons. The molecule has 224 valence electrons. The normalized spacial score (nSPS) is 17.2. The average molecular weight is 866 g/mol. The Kier molecular flexibility index (Phi) is 11.0. The molecule has 4 aromatic rings. The second-order valence-corrected chi connectivity index (χ2v) is 38.2. The van der Waals surface area contributed by atoms with Crippen LogP contribution >= 0.6 is 46.4 Å². The van der Waals surface area contributed by atoms with E-state index in [9.17, 15) is 0 Å². The molecule has 0 aromatic heterocycles. The molecular weight excluding hydrogens is 828 g/mol. The van der Waals surface area contributed by atoms with Crippen molar-refractivity contribution in [2.45, 2.75) is 72.1 Å². The first-order valence-corrected chi connectivity index (χ1v) is 28.5. The first-order chi connectivity index (χ1) is 20.9. The van der Waals surface area contributed by atoms with Crippen molar-refractivity contribution in [1.29, 1.82) is 0 Å². The van der Waals surface area contributed by atoms with Gasteiger partial charge in [0, 0.05) is 0 Å². The van der Waals surface area contributed by atoms with Crippen LogP contribution in [0.2, 0.25) is 28.0 Å². The minimum absolute atomic E-state index is 0.518. The van der Waals surface area contributed by atoms with E-state index in [0.717, 1.165) is 20.1 Å². The van der Waals surface area contributed by atoms with Crippen LogP contribution in [0.5, 0.6) is 0 Å². The third kappa shape index (κ3) is 6.85. The summed E-state index contributed by atoms with van der Waals surface area (Å²) in [6.07, 6.45) is 12.4. The van der Waals surface area contributed by atoms with E-state index in [4.69, 9.17) is 47.8 Å². The zero-order valence-electron chi connectivity index (χ0n) is 24.4. The van der Waals surface area contributed by atoms with Gasteiger partial charge in [-0.05, 0) is 0 Å². The zero-order valence-corrected chi connectivity index (χ0v) is 33.1. The second-order valence-electron chi connectivity index (χ2n) is 12.3. The van der Waals surface area contributed by atoms with Crippen LogP contribution in [0.1, 0.15) is 64.2 Å². The summed E-state index contributed by atoms with van der Waals surface area (Å²) in [5, 5.41) is 3.06. The molecule has 43 heavy (non-hydrogen) atoms. The summed E-state index contributed by atoms with van der Waals surface area (Å²) < 4.78 is 15.2. The summed E-state index contributed by atoms with van der Waals surface area (Å²) in [6.45, 7) is 0. The molecule has 2 fully saturated rings. The van der Waals surface area contributed by atoms with Crippen molar-refractivity contribution < 1.29 is 1.41 Å². The van der Waals surface area contributed by atoms with Crippen molar-refractivity contribution in [3.63, 3.8) is 0 Å². The zero-order chi connectivity index (χ0) is 29.9. The van der Waals surface area contributed by atoms with Crippen molar-refractivity contribution in [2.24, 2.45) is 0 Å². The van der Waals surface area contributed by atoms with Crippen LogP contribution in [-0.4, -0.2) is 37.6 Å². The quantitative estimate of drug-likeness (QED) is 0.161. The molecule has 4 aromatic carbocycles. The van der Waals surface area contributed by atoms with E-state index in [0.29, 0.717) is 7.87 Å². The van der Waals surface area contributed by atoms with Crippen molar-refractivity contribution >= 4 is 98.3 Å². The first kappa shape index (κ1) is 32.5. The van der Waals surface area contributed by atoms with Gasteiger partial charge in [0.15, 0.2) is 0 Å². The fourth-order valence-electron chi connectivity index (χ4n) is 7.74. The number of rotatable bonds is 8. The number of hydrogen-bond donors (Lipinski definition) is 0. The maximum absolute atomic E-state index is 8.66. The van der Waals surface area contributed by atoms with E-state index in [1.54, 1.807) is 0 Å². The van der Waals surface area contributed by atoms with Crippen LogP contribution in [0.3, 0.4) is 0 Å². The molecule has 6 rings (SSSR count). The van der Waals surface area contributed by atoms with Gasteiger partial charge in [-0.2, -0.15) is 0 Å². The molecule has 0 amide bonds. The van der Waals surface area contributed by atoms with Gasteiger partial charge in [-0.25, -0.2) is 0 Å². The summed E-state index contributed by atoms with van der Waals surface area (Å²) in [5.41, 5.74) is 0. The van der Waals surface area contributed by atoms with Crippen LogP contribution in [0, 0.1) is 0 Å². The predicted molar refractivity (Wildman–Crippen MR) is 191 cm³/mol. The standard InChI is InChI=1S/4C6H4Cl.2C6H11.O.2Sn/c4*7-6-4-2-1-3-5-6;2*1-2-4-6-5-3-1;;;/h4*2-5H;2*1H,2-6H2;;;. The second kappa shape index (κ2) is 14.6. The molecule has 0 atom stereocenters. The van der Waals surface area contributed by atoms with Crippen molar-refractivity contribution in [3.05, 3.63) is 117 Å². The van der Waals surface area contributed by atoms with Gasteiger partial charge in [0.05, 0.1) is 0 Å². The Bertz CT molecular complexity index is 1270.